The van der Waals surface area contributed by atoms with E-state index >= 15 is 0 Å². The lowest BCUT2D eigenvalue weighted by Crippen LogP contribution is -2.39. The van der Waals surface area contributed by atoms with Crippen LogP contribution in [-0.4, -0.2) is 60.1 Å². The number of hydrogen-bond acceptors (Lipinski definition) is 3. The third-order valence-electron chi connectivity index (χ3n) is 3.39. The van der Waals surface area contributed by atoms with Crippen molar-refractivity contribution in [1.29, 1.82) is 0 Å². The Morgan fingerprint density at radius 1 is 0.828 bits per heavy atom. The summed E-state index contributed by atoms with van der Waals surface area (Å²) in [7, 11) is 0. The van der Waals surface area contributed by atoms with Gasteiger partial charge in [-0.15, -0.1) is 36.0 Å². The topological polar surface area (TPSA) is 40.6 Å². The molecule has 11 heteroatoms. The molecule has 1 rings (SSSR count). The van der Waals surface area contributed by atoms with E-state index in [0.717, 1.165) is 12.1 Å². The number of thiophene rings is 1. The second-order valence-corrected chi connectivity index (χ2v) is 6.84. The van der Waals surface area contributed by atoms with Gasteiger partial charge in [0.25, 0.3) is 11.8 Å². The lowest BCUT2D eigenvalue weighted by Gasteiger charge is -2.23. The van der Waals surface area contributed by atoms with Crippen molar-refractivity contribution < 1.29 is 35.9 Å². The maximum absolute atomic E-state index is 12.7. The minimum Gasteiger partial charge on any atom is -0.328 e. The lowest BCUT2D eigenvalue weighted by atomic mass is 10.3. The predicted molar refractivity (Wildman–Crippen MR) is 95.1 cm³/mol. The summed E-state index contributed by atoms with van der Waals surface area (Å²) in [6.45, 7) is -3.81. The summed E-state index contributed by atoms with van der Waals surface area (Å²) < 4.78 is 76.2. The Labute approximate surface area is 167 Å². The number of halogens is 6. The van der Waals surface area contributed by atoms with Gasteiger partial charge in [0.05, 0.1) is 9.75 Å². The van der Waals surface area contributed by atoms with Crippen molar-refractivity contribution in [2.75, 3.05) is 26.2 Å². The third kappa shape index (κ3) is 8.48. The van der Waals surface area contributed by atoms with Crippen LogP contribution < -0.4 is 0 Å². The Morgan fingerprint density at radius 3 is 1.45 bits per heavy atom. The molecule has 0 spiro atoms. The smallest absolute Gasteiger partial charge is 0.328 e. The van der Waals surface area contributed by atoms with Crippen LogP contribution in [0.2, 0.25) is 0 Å². The van der Waals surface area contributed by atoms with Gasteiger partial charge in [0.2, 0.25) is 0 Å². The molecule has 0 aliphatic carbocycles. The molecule has 0 fully saturated rings. The summed E-state index contributed by atoms with van der Waals surface area (Å²) in [5.74, 6) is 2.22. The number of nitrogens with zero attached hydrogens (tertiary/aromatic N) is 2. The maximum atomic E-state index is 12.7. The predicted octanol–water partition coefficient (Wildman–Crippen LogP) is 3.80. The fourth-order valence-electron chi connectivity index (χ4n) is 2.22. The number of terminal acetylenes is 2. The molecule has 1 heterocycles. The molecule has 0 aromatic carbocycles. The zero-order chi connectivity index (χ0) is 22.2. The zero-order valence-corrected chi connectivity index (χ0v) is 15.8. The molecule has 0 N–H and O–H groups in total. The Morgan fingerprint density at radius 2 is 1.17 bits per heavy atom. The molecule has 158 valence electrons. The van der Waals surface area contributed by atoms with Crippen LogP contribution in [0.15, 0.2) is 12.1 Å². The van der Waals surface area contributed by atoms with E-state index in [0.29, 0.717) is 21.1 Å². The van der Waals surface area contributed by atoms with E-state index in [1.54, 1.807) is 0 Å². The van der Waals surface area contributed by atoms with Crippen LogP contribution >= 0.6 is 11.3 Å². The highest BCUT2D eigenvalue weighted by Crippen LogP contribution is 2.25. The monoisotopic (exact) mass is 438 g/mol. The molecular formula is C18H16F6N2O2S. The first kappa shape index (κ1) is 24.4. The van der Waals surface area contributed by atoms with E-state index in [1.165, 1.54) is 0 Å². The standard InChI is InChI=1S/C18H16F6N2O2S/c1-3-5-9-25(11-17(19,20)21)15(27)13-7-8-14(29-13)16(28)26(10-6-4-2)12-18(22,23)24/h1-2,7-8H,5-6,9-12H2. The molecule has 29 heavy (non-hydrogen) atoms. The van der Waals surface area contributed by atoms with E-state index in [4.69, 9.17) is 12.8 Å². The average Bonchev–Trinajstić information content (AvgIpc) is 3.09. The van der Waals surface area contributed by atoms with Crippen LogP contribution in [0.4, 0.5) is 26.3 Å². The van der Waals surface area contributed by atoms with Crippen molar-refractivity contribution in [3.8, 4) is 24.7 Å². The third-order valence-corrected chi connectivity index (χ3v) is 4.46. The molecule has 4 nitrogen and oxygen atoms in total. The molecule has 0 aliphatic rings. The fraction of sp³-hybridized carbons (Fsp3) is 0.444. The molecule has 1 aromatic heterocycles. The van der Waals surface area contributed by atoms with Crippen LogP contribution in [0.25, 0.3) is 0 Å². The molecule has 2 amide bonds. The average molecular weight is 438 g/mol. The van der Waals surface area contributed by atoms with Crippen LogP contribution in [-0.2, 0) is 0 Å². The maximum Gasteiger partial charge on any atom is 0.406 e. The summed E-state index contributed by atoms with van der Waals surface area (Å²) in [5.41, 5.74) is 0. The lowest BCUT2D eigenvalue weighted by molar-refractivity contribution is -0.141. The molecule has 0 aliphatic heterocycles. The minimum atomic E-state index is -4.67. The first-order valence-electron chi connectivity index (χ1n) is 8.06. The Kier molecular flexibility index (Phi) is 8.59. The van der Waals surface area contributed by atoms with Crippen molar-refractivity contribution in [2.45, 2.75) is 25.2 Å². The van der Waals surface area contributed by atoms with Gasteiger partial charge in [0.15, 0.2) is 0 Å². The highest BCUT2D eigenvalue weighted by molar-refractivity contribution is 7.15. The van der Waals surface area contributed by atoms with Crippen molar-refractivity contribution in [1.82, 2.24) is 9.80 Å². The van der Waals surface area contributed by atoms with Crippen LogP contribution in [0.1, 0.15) is 32.2 Å². The van der Waals surface area contributed by atoms with Gasteiger partial charge in [-0.05, 0) is 12.1 Å². The Balaban J connectivity index is 3.04. The molecule has 0 saturated heterocycles. The molecule has 1 aromatic rings. The summed E-state index contributed by atoms with van der Waals surface area (Å²) in [4.78, 5) is 25.3. The van der Waals surface area contributed by atoms with Gasteiger partial charge >= 0.3 is 12.4 Å². The molecule has 0 radical (unpaired) electrons. The van der Waals surface area contributed by atoms with Crippen LogP contribution in [0, 0.1) is 24.7 Å². The normalized spacial score (nSPS) is 11.4. The van der Waals surface area contributed by atoms with Crippen molar-refractivity contribution in [3.05, 3.63) is 21.9 Å². The van der Waals surface area contributed by atoms with Crippen molar-refractivity contribution in [2.24, 2.45) is 0 Å². The Bertz CT molecular complexity index is 736. The molecule has 0 unspecified atom stereocenters. The number of alkyl halides is 6. The van der Waals surface area contributed by atoms with Gasteiger partial charge in [0, 0.05) is 25.9 Å². The number of carbonyl (C=O) groups is 2. The second-order valence-electron chi connectivity index (χ2n) is 5.76. The van der Waals surface area contributed by atoms with Gasteiger partial charge < -0.3 is 9.80 Å². The highest BCUT2D eigenvalue weighted by Gasteiger charge is 2.35. The van der Waals surface area contributed by atoms with E-state index < -0.39 is 37.3 Å². The van der Waals surface area contributed by atoms with Crippen molar-refractivity contribution in [3.63, 3.8) is 0 Å². The summed E-state index contributed by atoms with van der Waals surface area (Å²) >= 11 is 0.504. The fourth-order valence-corrected chi connectivity index (χ4v) is 3.16. The largest absolute Gasteiger partial charge is 0.406 e. The number of hydrogen-bond donors (Lipinski definition) is 0. The van der Waals surface area contributed by atoms with Gasteiger partial charge in [-0.1, -0.05) is 0 Å². The van der Waals surface area contributed by atoms with Crippen LogP contribution in [0.3, 0.4) is 0 Å². The van der Waals surface area contributed by atoms with E-state index in [9.17, 15) is 35.9 Å². The first-order valence-corrected chi connectivity index (χ1v) is 8.88. The van der Waals surface area contributed by atoms with Gasteiger partial charge in [-0.2, -0.15) is 26.3 Å². The highest BCUT2D eigenvalue weighted by atomic mass is 32.1. The number of amides is 2. The zero-order valence-electron chi connectivity index (χ0n) is 14.9. The minimum absolute atomic E-state index is 0.121. The molecule has 0 atom stereocenters. The summed E-state index contributed by atoms with van der Waals surface area (Å²) in [5, 5.41) is 0. The SMILES string of the molecule is C#CCCN(CC(F)(F)F)C(=O)c1ccc(C(=O)N(CCC#C)CC(F)(F)F)s1. The molecular weight excluding hydrogens is 422 g/mol. The van der Waals surface area contributed by atoms with Gasteiger partial charge in [-0.25, -0.2) is 0 Å². The summed E-state index contributed by atoms with van der Waals surface area (Å²) in [6.07, 6.45) is 0.472. The van der Waals surface area contributed by atoms with E-state index in [2.05, 4.69) is 11.8 Å². The number of carbonyl (C=O) groups excluding carboxylic acids is 2. The van der Waals surface area contributed by atoms with Gasteiger partial charge in [0.1, 0.15) is 13.1 Å². The first-order chi connectivity index (χ1) is 13.4. The number of rotatable bonds is 8. The van der Waals surface area contributed by atoms with E-state index in [1.807, 2.05) is 0 Å². The molecule has 0 bridgehead atoms. The second kappa shape index (κ2) is 10.2. The van der Waals surface area contributed by atoms with Gasteiger partial charge in [-0.3, -0.25) is 9.59 Å². The molecule has 0 saturated carbocycles. The van der Waals surface area contributed by atoms with E-state index in [-0.39, 0.29) is 35.7 Å². The van der Waals surface area contributed by atoms with Crippen molar-refractivity contribution >= 4 is 23.2 Å². The Hall–Kier alpha value is -2.66. The van der Waals surface area contributed by atoms with Crippen LogP contribution in [0.5, 0.6) is 0 Å². The summed E-state index contributed by atoms with van der Waals surface area (Å²) in [6, 6.07) is 2.18. The quantitative estimate of drug-likeness (QED) is 0.458.